The van der Waals surface area contributed by atoms with Crippen LogP contribution in [0.4, 0.5) is 0 Å². The standard InChI is InChI=1S/C44H62N2/c1-3-4-5-6-7-8-9-10-11-12-13-14-15-16-17-27-34-42(43-45-35-36-46(43)38-40-30-23-19-24-31-40)44(2,41-32-25-20-26-33-41)37-39-28-21-18-22-29-39/h18-26,28-33,35-36,42H,3-17,27,34,37-38H2,1-2H3. The molecule has 2 unspecified atom stereocenters. The summed E-state index contributed by atoms with van der Waals surface area (Å²) >= 11 is 0. The molecule has 2 atom stereocenters. The van der Waals surface area contributed by atoms with Crippen LogP contribution in [0, 0.1) is 0 Å². The summed E-state index contributed by atoms with van der Waals surface area (Å²) in [5.41, 5.74) is 4.06. The number of unbranched alkanes of at least 4 members (excludes halogenated alkanes) is 15. The first-order valence-corrected chi connectivity index (χ1v) is 18.8. The Morgan fingerprint density at radius 3 is 1.54 bits per heavy atom. The average Bonchev–Trinajstić information content (AvgIpc) is 3.54. The highest BCUT2D eigenvalue weighted by Crippen LogP contribution is 2.44. The molecule has 0 bridgehead atoms. The zero-order valence-corrected chi connectivity index (χ0v) is 29.2. The lowest BCUT2D eigenvalue weighted by Gasteiger charge is -2.39. The van der Waals surface area contributed by atoms with E-state index in [4.69, 9.17) is 4.98 Å². The van der Waals surface area contributed by atoms with Crippen molar-refractivity contribution in [2.24, 2.45) is 0 Å². The van der Waals surface area contributed by atoms with E-state index in [0.29, 0.717) is 5.92 Å². The van der Waals surface area contributed by atoms with Crippen LogP contribution in [0.2, 0.25) is 0 Å². The number of imidazole rings is 1. The van der Waals surface area contributed by atoms with Gasteiger partial charge >= 0.3 is 0 Å². The second kappa shape index (κ2) is 20.9. The molecule has 1 heterocycles. The van der Waals surface area contributed by atoms with E-state index in [9.17, 15) is 0 Å². The van der Waals surface area contributed by atoms with Crippen molar-refractivity contribution in [3.63, 3.8) is 0 Å². The van der Waals surface area contributed by atoms with Crippen molar-refractivity contribution in [3.8, 4) is 0 Å². The van der Waals surface area contributed by atoms with E-state index in [1.165, 1.54) is 125 Å². The predicted molar refractivity (Wildman–Crippen MR) is 199 cm³/mol. The molecule has 0 saturated carbocycles. The van der Waals surface area contributed by atoms with Crippen LogP contribution < -0.4 is 0 Å². The number of benzene rings is 3. The summed E-state index contributed by atoms with van der Waals surface area (Å²) in [6.45, 7) is 5.66. The van der Waals surface area contributed by atoms with Crippen LogP contribution in [0.25, 0.3) is 0 Å². The molecule has 2 heteroatoms. The van der Waals surface area contributed by atoms with Crippen LogP contribution in [0.15, 0.2) is 103 Å². The van der Waals surface area contributed by atoms with Crippen LogP contribution in [0.5, 0.6) is 0 Å². The van der Waals surface area contributed by atoms with Crippen LogP contribution in [-0.2, 0) is 18.4 Å². The molecule has 0 radical (unpaired) electrons. The van der Waals surface area contributed by atoms with Gasteiger partial charge < -0.3 is 4.57 Å². The van der Waals surface area contributed by atoms with E-state index in [1.54, 1.807) is 0 Å². The Hall–Kier alpha value is -3.13. The summed E-state index contributed by atoms with van der Waals surface area (Å²) < 4.78 is 2.42. The maximum atomic E-state index is 5.10. The third kappa shape index (κ3) is 11.9. The maximum absolute atomic E-state index is 5.10. The highest BCUT2D eigenvalue weighted by Gasteiger charge is 2.39. The first kappa shape index (κ1) is 35.7. The fourth-order valence-electron chi connectivity index (χ4n) is 7.44. The Morgan fingerprint density at radius 2 is 1.02 bits per heavy atom. The molecule has 0 amide bonds. The Labute approximate surface area is 282 Å². The lowest BCUT2D eigenvalue weighted by Crippen LogP contribution is -2.35. The van der Waals surface area contributed by atoms with Crippen LogP contribution in [0.3, 0.4) is 0 Å². The molecular weight excluding hydrogens is 556 g/mol. The van der Waals surface area contributed by atoms with Gasteiger partial charge in [-0.1, -0.05) is 208 Å². The minimum atomic E-state index is -0.0715. The van der Waals surface area contributed by atoms with Gasteiger partial charge in [-0.25, -0.2) is 4.98 Å². The maximum Gasteiger partial charge on any atom is 0.112 e. The summed E-state index contributed by atoms with van der Waals surface area (Å²) in [5.74, 6) is 1.55. The van der Waals surface area contributed by atoms with Gasteiger partial charge in [-0.15, -0.1) is 0 Å². The summed E-state index contributed by atoms with van der Waals surface area (Å²) in [4.78, 5) is 5.10. The van der Waals surface area contributed by atoms with Gasteiger partial charge in [-0.3, -0.25) is 0 Å². The van der Waals surface area contributed by atoms with Gasteiger partial charge in [0, 0.05) is 30.3 Å². The molecule has 0 spiro atoms. The molecule has 4 rings (SSSR count). The molecule has 0 N–H and O–H groups in total. The Balaban J connectivity index is 1.33. The van der Waals surface area contributed by atoms with Gasteiger partial charge in [-0.05, 0) is 29.5 Å². The van der Waals surface area contributed by atoms with E-state index >= 15 is 0 Å². The van der Waals surface area contributed by atoms with Crippen molar-refractivity contribution in [1.29, 1.82) is 0 Å². The molecule has 0 aliphatic heterocycles. The summed E-state index contributed by atoms with van der Waals surface area (Å²) in [6, 6.07) is 33.2. The SMILES string of the molecule is CCCCCCCCCCCCCCCCCCC(c1nccn1Cc1ccccc1)C(C)(Cc1ccccc1)c1ccccc1. The molecular formula is C44H62N2. The summed E-state index contributed by atoms with van der Waals surface area (Å²) in [6.07, 6.45) is 28.8. The number of rotatable bonds is 24. The molecule has 3 aromatic carbocycles. The third-order valence-electron chi connectivity index (χ3n) is 10.2. The van der Waals surface area contributed by atoms with Crippen LogP contribution in [0.1, 0.15) is 151 Å². The smallest absolute Gasteiger partial charge is 0.112 e. The van der Waals surface area contributed by atoms with Gasteiger partial charge in [0.1, 0.15) is 5.82 Å². The summed E-state index contributed by atoms with van der Waals surface area (Å²) in [7, 11) is 0. The lowest BCUT2D eigenvalue weighted by atomic mass is 9.66. The Morgan fingerprint density at radius 1 is 0.565 bits per heavy atom. The van der Waals surface area contributed by atoms with Crippen molar-refractivity contribution in [2.75, 3.05) is 0 Å². The van der Waals surface area contributed by atoms with Gasteiger partial charge in [0.2, 0.25) is 0 Å². The van der Waals surface area contributed by atoms with Crippen molar-refractivity contribution in [2.45, 2.75) is 147 Å². The third-order valence-corrected chi connectivity index (χ3v) is 10.2. The minimum Gasteiger partial charge on any atom is -0.330 e. The van der Waals surface area contributed by atoms with Crippen LogP contribution >= 0.6 is 0 Å². The highest BCUT2D eigenvalue weighted by atomic mass is 15.1. The number of hydrogen-bond acceptors (Lipinski definition) is 1. The molecule has 0 fully saturated rings. The fraction of sp³-hybridized carbons (Fsp3) is 0.523. The number of nitrogens with zero attached hydrogens (tertiary/aromatic N) is 2. The quantitative estimate of drug-likeness (QED) is 0.0714. The molecule has 46 heavy (non-hydrogen) atoms. The molecule has 0 saturated heterocycles. The molecule has 2 nitrogen and oxygen atoms in total. The van der Waals surface area contributed by atoms with Gasteiger partial charge in [-0.2, -0.15) is 0 Å². The zero-order chi connectivity index (χ0) is 32.1. The first-order valence-electron chi connectivity index (χ1n) is 18.8. The molecule has 248 valence electrons. The van der Waals surface area contributed by atoms with E-state index in [2.05, 4.69) is 116 Å². The van der Waals surface area contributed by atoms with E-state index in [1.807, 2.05) is 6.20 Å². The monoisotopic (exact) mass is 618 g/mol. The van der Waals surface area contributed by atoms with Crippen molar-refractivity contribution in [1.82, 2.24) is 9.55 Å². The van der Waals surface area contributed by atoms with E-state index < -0.39 is 0 Å². The predicted octanol–water partition coefficient (Wildman–Crippen LogP) is 12.9. The van der Waals surface area contributed by atoms with Crippen molar-refractivity contribution < 1.29 is 0 Å². The molecule has 0 aliphatic carbocycles. The van der Waals surface area contributed by atoms with E-state index in [0.717, 1.165) is 19.4 Å². The average molecular weight is 619 g/mol. The number of aromatic nitrogens is 2. The van der Waals surface area contributed by atoms with Gasteiger partial charge in [0.25, 0.3) is 0 Å². The molecule has 1 aromatic heterocycles. The van der Waals surface area contributed by atoms with Gasteiger partial charge in [0.15, 0.2) is 0 Å². The van der Waals surface area contributed by atoms with E-state index in [-0.39, 0.29) is 5.41 Å². The Bertz CT molecular complexity index is 1300. The highest BCUT2D eigenvalue weighted by molar-refractivity contribution is 5.33. The summed E-state index contributed by atoms with van der Waals surface area (Å²) in [5, 5.41) is 0. The van der Waals surface area contributed by atoms with Crippen molar-refractivity contribution >= 4 is 0 Å². The molecule has 0 aliphatic rings. The first-order chi connectivity index (χ1) is 22.7. The lowest BCUT2D eigenvalue weighted by molar-refractivity contribution is 0.324. The number of hydrogen-bond donors (Lipinski definition) is 0. The Kier molecular flexibility index (Phi) is 16.2. The minimum absolute atomic E-state index is 0.0715. The van der Waals surface area contributed by atoms with Crippen molar-refractivity contribution in [3.05, 3.63) is 126 Å². The largest absolute Gasteiger partial charge is 0.330 e. The molecule has 4 aromatic rings. The fourth-order valence-corrected chi connectivity index (χ4v) is 7.44. The van der Waals surface area contributed by atoms with Gasteiger partial charge in [0.05, 0.1) is 0 Å². The second-order valence-electron chi connectivity index (χ2n) is 14.0. The van der Waals surface area contributed by atoms with Crippen LogP contribution in [-0.4, -0.2) is 9.55 Å². The normalized spacial score (nSPS) is 13.4. The second-order valence-corrected chi connectivity index (χ2v) is 14.0. The topological polar surface area (TPSA) is 17.8 Å². The zero-order valence-electron chi connectivity index (χ0n) is 29.2.